The lowest BCUT2D eigenvalue weighted by molar-refractivity contribution is -0.116. The van der Waals surface area contributed by atoms with Gasteiger partial charge in [-0.2, -0.15) is 0 Å². The number of halogens is 2. The lowest BCUT2D eigenvalue weighted by Crippen LogP contribution is -2.32. The molecule has 22 heavy (non-hydrogen) atoms. The number of amides is 1. The molecule has 0 radical (unpaired) electrons. The number of rotatable bonds is 4. The number of nitrogens with one attached hydrogen (secondary N) is 2. The molecule has 2 N–H and O–H groups in total. The van der Waals surface area contributed by atoms with Gasteiger partial charge in [-0.05, 0) is 50.1 Å². The highest BCUT2D eigenvalue weighted by Crippen LogP contribution is 2.19. The predicted molar refractivity (Wildman–Crippen MR) is 84.0 cm³/mol. The zero-order valence-corrected chi connectivity index (χ0v) is 12.7. The number of aryl methyl sites for hydroxylation is 2. The first-order valence-electron chi connectivity index (χ1n) is 6.96. The maximum absolute atomic E-state index is 13.5. The van der Waals surface area contributed by atoms with Crippen LogP contribution in [0.25, 0.3) is 0 Å². The van der Waals surface area contributed by atoms with E-state index in [1.807, 2.05) is 32.0 Å². The van der Waals surface area contributed by atoms with Crippen LogP contribution in [-0.4, -0.2) is 11.9 Å². The summed E-state index contributed by atoms with van der Waals surface area (Å²) in [7, 11) is 0. The van der Waals surface area contributed by atoms with E-state index < -0.39 is 23.6 Å². The number of benzene rings is 2. The molecule has 3 nitrogen and oxygen atoms in total. The van der Waals surface area contributed by atoms with Crippen LogP contribution in [0.4, 0.5) is 20.2 Å². The van der Waals surface area contributed by atoms with Crippen molar-refractivity contribution in [3.05, 3.63) is 59.2 Å². The number of hydrogen-bond donors (Lipinski definition) is 2. The van der Waals surface area contributed by atoms with Crippen molar-refractivity contribution in [3.63, 3.8) is 0 Å². The van der Waals surface area contributed by atoms with Crippen molar-refractivity contribution in [2.45, 2.75) is 26.8 Å². The zero-order chi connectivity index (χ0) is 16.3. The summed E-state index contributed by atoms with van der Waals surface area (Å²) in [5.41, 5.74) is 2.74. The molecule has 0 saturated heterocycles. The van der Waals surface area contributed by atoms with Gasteiger partial charge in [0, 0.05) is 11.8 Å². The molecule has 1 unspecified atom stereocenters. The molecule has 0 fully saturated rings. The first kappa shape index (κ1) is 15.9. The van der Waals surface area contributed by atoms with Crippen LogP contribution < -0.4 is 10.6 Å². The minimum Gasteiger partial charge on any atom is -0.374 e. The van der Waals surface area contributed by atoms with Crippen LogP contribution in [0.1, 0.15) is 18.1 Å². The van der Waals surface area contributed by atoms with Crippen molar-refractivity contribution in [1.29, 1.82) is 0 Å². The molecule has 1 amide bonds. The van der Waals surface area contributed by atoms with Gasteiger partial charge in [0.1, 0.15) is 17.7 Å². The number of hydrogen-bond acceptors (Lipinski definition) is 2. The number of carbonyl (C=O) groups is 1. The highest BCUT2D eigenvalue weighted by Gasteiger charge is 2.16. The Morgan fingerprint density at radius 2 is 1.77 bits per heavy atom. The molecule has 0 aliphatic heterocycles. The molecule has 2 rings (SSSR count). The quantitative estimate of drug-likeness (QED) is 0.895. The summed E-state index contributed by atoms with van der Waals surface area (Å²) in [4.78, 5) is 12.1. The van der Waals surface area contributed by atoms with Gasteiger partial charge >= 0.3 is 0 Å². The van der Waals surface area contributed by atoms with Crippen LogP contribution in [0.5, 0.6) is 0 Å². The Hall–Kier alpha value is -2.43. The molecule has 2 aromatic rings. The fraction of sp³-hybridized carbons (Fsp3) is 0.235. The van der Waals surface area contributed by atoms with Crippen molar-refractivity contribution in [2.24, 2.45) is 0 Å². The molecule has 1 atom stereocenters. The van der Waals surface area contributed by atoms with Gasteiger partial charge < -0.3 is 10.6 Å². The van der Waals surface area contributed by atoms with Crippen molar-refractivity contribution >= 4 is 17.3 Å². The van der Waals surface area contributed by atoms with Crippen molar-refractivity contribution in [3.8, 4) is 0 Å². The summed E-state index contributed by atoms with van der Waals surface area (Å²) in [5.74, 6) is -1.72. The maximum atomic E-state index is 13.5. The maximum Gasteiger partial charge on any atom is 0.246 e. The Labute approximate surface area is 128 Å². The predicted octanol–water partition coefficient (Wildman–Crippen LogP) is 4.02. The summed E-state index contributed by atoms with van der Waals surface area (Å²) < 4.78 is 26.6. The molecule has 0 bridgehead atoms. The van der Waals surface area contributed by atoms with Gasteiger partial charge in [-0.1, -0.05) is 12.1 Å². The van der Waals surface area contributed by atoms with E-state index in [4.69, 9.17) is 0 Å². The minimum atomic E-state index is -0.673. The number of anilines is 2. The van der Waals surface area contributed by atoms with E-state index in [2.05, 4.69) is 10.6 Å². The van der Waals surface area contributed by atoms with E-state index in [9.17, 15) is 13.6 Å². The second kappa shape index (κ2) is 6.56. The first-order chi connectivity index (χ1) is 10.4. The van der Waals surface area contributed by atoms with Crippen molar-refractivity contribution in [1.82, 2.24) is 0 Å². The lowest BCUT2D eigenvalue weighted by atomic mass is 10.1. The number of carbonyl (C=O) groups excluding carboxylic acids is 1. The molecular formula is C17H18F2N2O. The van der Waals surface area contributed by atoms with E-state index in [1.54, 1.807) is 6.92 Å². The Balaban J connectivity index is 2.09. The Morgan fingerprint density at radius 1 is 1.05 bits per heavy atom. The summed E-state index contributed by atoms with van der Waals surface area (Å²) in [6, 6.07) is 8.21. The standard InChI is InChI=1S/C17H18F2N2O/c1-10-4-5-11(2)15(8-10)20-12(3)17(22)21-16-9-13(18)6-7-14(16)19/h4-9,12,20H,1-3H3,(H,21,22). The monoisotopic (exact) mass is 304 g/mol. The molecule has 0 spiro atoms. The summed E-state index contributed by atoms with van der Waals surface area (Å²) in [6.07, 6.45) is 0. The van der Waals surface area contributed by atoms with Crippen molar-refractivity contribution < 1.29 is 13.6 Å². The van der Waals surface area contributed by atoms with Gasteiger partial charge in [-0.25, -0.2) is 8.78 Å². The van der Waals surface area contributed by atoms with Crippen LogP contribution in [0.2, 0.25) is 0 Å². The second-order valence-electron chi connectivity index (χ2n) is 5.30. The largest absolute Gasteiger partial charge is 0.374 e. The van der Waals surface area contributed by atoms with E-state index in [0.717, 1.165) is 35.0 Å². The smallest absolute Gasteiger partial charge is 0.246 e. The molecule has 116 valence electrons. The lowest BCUT2D eigenvalue weighted by Gasteiger charge is -2.17. The topological polar surface area (TPSA) is 41.1 Å². The molecule has 0 aromatic heterocycles. The zero-order valence-electron chi connectivity index (χ0n) is 12.7. The van der Waals surface area contributed by atoms with E-state index in [0.29, 0.717) is 0 Å². The van der Waals surface area contributed by atoms with Gasteiger partial charge in [0.2, 0.25) is 5.91 Å². The summed E-state index contributed by atoms with van der Waals surface area (Å²) >= 11 is 0. The van der Waals surface area contributed by atoms with Gasteiger partial charge in [0.05, 0.1) is 5.69 Å². The van der Waals surface area contributed by atoms with E-state index in [-0.39, 0.29) is 5.69 Å². The second-order valence-corrected chi connectivity index (χ2v) is 5.30. The van der Waals surface area contributed by atoms with E-state index in [1.165, 1.54) is 0 Å². The van der Waals surface area contributed by atoms with Gasteiger partial charge in [0.25, 0.3) is 0 Å². The van der Waals surface area contributed by atoms with Crippen LogP contribution in [0.3, 0.4) is 0 Å². The molecule has 2 aromatic carbocycles. The van der Waals surface area contributed by atoms with Crippen LogP contribution in [0, 0.1) is 25.5 Å². The molecule has 0 aliphatic rings. The Morgan fingerprint density at radius 3 is 2.50 bits per heavy atom. The average Bonchev–Trinajstić information content (AvgIpc) is 2.46. The summed E-state index contributed by atoms with van der Waals surface area (Å²) in [6.45, 7) is 5.55. The van der Waals surface area contributed by atoms with E-state index >= 15 is 0 Å². The third kappa shape index (κ3) is 3.81. The molecular weight excluding hydrogens is 286 g/mol. The van der Waals surface area contributed by atoms with Gasteiger partial charge in [-0.15, -0.1) is 0 Å². The third-order valence-electron chi connectivity index (χ3n) is 3.34. The fourth-order valence-electron chi connectivity index (χ4n) is 2.02. The summed E-state index contributed by atoms with van der Waals surface area (Å²) in [5, 5.41) is 5.47. The highest BCUT2D eigenvalue weighted by molar-refractivity contribution is 5.96. The first-order valence-corrected chi connectivity index (χ1v) is 6.96. The fourth-order valence-corrected chi connectivity index (χ4v) is 2.02. The Bertz CT molecular complexity index is 701. The van der Waals surface area contributed by atoms with Gasteiger partial charge in [0.15, 0.2) is 0 Å². The van der Waals surface area contributed by atoms with Crippen molar-refractivity contribution in [2.75, 3.05) is 10.6 Å². The minimum absolute atomic E-state index is 0.167. The van der Waals surface area contributed by atoms with Crippen LogP contribution in [-0.2, 0) is 4.79 Å². The normalized spacial score (nSPS) is 11.9. The third-order valence-corrected chi connectivity index (χ3v) is 3.34. The Kier molecular flexibility index (Phi) is 4.75. The SMILES string of the molecule is Cc1ccc(C)c(NC(C)C(=O)Nc2cc(F)ccc2F)c1. The van der Waals surface area contributed by atoms with Crippen LogP contribution in [0.15, 0.2) is 36.4 Å². The molecule has 0 aliphatic carbocycles. The molecule has 0 saturated carbocycles. The molecule has 0 heterocycles. The highest BCUT2D eigenvalue weighted by atomic mass is 19.1. The molecule has 5 heteroatoms. The van der Waals surface area contributed by atoms with Gasteiger partial charge in [-0.3, -0.25) is 4.79 Å². The van der Waals surface area contributed by atoms with Crippen LogP contribution >= 0.6 is 0 Å². The average molecular weight is 304 g/mol.